The fourth-order valence-corrected chi connectivity index (χ4v) is 3.79. The van der Waals surface area contributed by atoms with Crippen LogP contribution in [0.25, 0.3) is 0 Å². The lowest BCUT2D eigenvalue weighted by Gasteiger charge is -2.23. The van der Waals surface area contributed by atoms with Crippen molar-refractivity contribution in [3.63, 3.8) is 0 Å². The van der Waals surface area contributed by atoms with Crippen LogP contribution in [0.5, 0.6) is 0 Å². The van der Waals surface area contributed by atoms with Crippen molar-refractivity contribution in [3.8, 4) is 0 Å². The van der Waals surface area contributed by atoms with Crippen molar-refractivity contribution in [1.82, 2.24) is 5.32 Å². The molecule has 0 bridgehead atoms. The van der Waals surface area contributed by atoms with Gasteiger partial charge in [0.05, 0.1) is 6.61 Å². The molecular weight excluding hydrogens is 298 g/mol. The van der Waals surface area contributed by atoms with Gasteiger partial charge in [-0.2, -0.15) is 0 Å². The van der Waals surface area contributed by atoms with Crippen molar-refractivity contribution in [2.24, 2.45) is 5.92 Å². The number of nitrogens with one attached hydrogen (secondary N) is 1. The smallest absolute Gasteiger partial charge is 0.0510 e. The summed E-state index contributed by atoms with van der Waals surface area (Å²) in [5.41, 5.74) is 0. The largest absolute Gasteiger partial charge is 0.381 e. The average molecular weight is 318 g/mol. The van der Waals surface area contributed by atoms with Gasteiger partial charge < -0.3 is 10.1 Å². The Labute approximate surface area is 116 Å². The summed E-state index contributed by atoms with van der Waals surface area (Å²) < 4.78 is 6.72. The Morgan fingerprint density at radius 3 is 3.12 bits per heavy atom. The summed E-state index contributed by atoms with van der Waals surface area (Å²) in [4.78, 5) is 1.46. The molecule has 2 nitrogen and oxygen atoms in total. The van der Waals surface area contributed by atoms with Crippen LogP contribution in [0.4, 0.5) is 0 Å². The number of rotatable bonds is 6. The maximum absolute atomic E-state index is 5.52. The Bertz CT molecular complexity index is 336. The first-order chi connectivity index (χ1) is 8.29. The van der Waals surface area contributed by atoms with Gasteiger partial charge in [-0.05, 0) is 47.8 Å². The molecule has 1 fully saturated rings. The fourth-order valence-electron chi connectivity index (χ4n) is 2.28. The van der Waals surface area contributed by atoms with Crippen LogP contribution in [0.15, 0.2) is 15.9 Å². The topological polar surface area (TPSA) is 21.3 Å². The van der Waals surface area contributed by atoms with E-state index in [1.807, 2.05) is 11.3 Å². The molecule has 1 aliphatic rings. The highest BCUT2D eigenvalue weighted by molar-refractivity contribution is 9.10. The number of halogens is 1. The summed E-state index contributed by atoms with van der Waals surface area (Å²) in [6, 6.07) is 2.81. The molecule has 1 aromatic heterocycles. The van der Waals surface area contributed by atoms with Gasteiger partial charge in [0.25, 0.3) is 0 Å². The van der Waals surface area contributed by atoms with Gasteiger partial charge in [-0.3, -0.25) is 0 Å². The zero-order valence-electron chi connectivity index (χ0n) is 10.2. The number of ether oxygens (including phenoxy) is 1. The van der Waals surface area contributed by atoms with E-state index in [9.17, 15) is 0 Å². The lowest BCUT2D eigenvalue weighted by molar-refractivity contribution is 0.176. The molecule has 4 heteroatoms. The van der Waals surface area contributed by atoms with Crippen LogP contribution in [0.3, 0.4) is 0 Å². The Kier molecular flexibility index (Phi) is 5.48. The maximum Gasteiger partial charge on any atom is 0.0510 e. The van der Waals surface area contributed by atoms with Gasteiger partial charge in [0.1, 0.15) is 0 Å². The third kappa shape index (κ3) is 4.05. The molecule has 0 aromatic carbocycles. The van der Waals surface area contributed by atoms with E-state index in [1.165, 1.54) is 22.2 Å². The minimum absolute atomic E-state index is 0.572. The van der Waals surface area contributed by atoms with Crippen LogP contribution in [0, 0.1) is 5.92 Å². The molecule has 1 saturated heterocycles. The molecule has 2 rings (SSSR count). The molecule has 0 radical (unpaired) electrons. The summed E-state index contributed by atoms with van der Waals surface area (Å²) >= 11 is 5.37. The van der Waals surface area contributed by atoms with Gasteiger partial charge in [-0.25, -0.2) is 0 Å². The third-order valence-corrected chi connectivity index (χ3v) is 4.95. The van der Waals surface area contributed by atoms with Crippen molar-refractivity contribution >= 4 is 27.3 Å². The molecule has 2 unspecified atom stereocenters. The van der Waals surface area contributed by atoms with Gasteiger partial charge >= 0.3 is 0 Å². The van der Waals surface area contributed by atoms with Crippen molar-refractivity contribution < 1.29 is 4.74 Å². The highest BCUT2D eigenvalue weighted by atomic mass is 79.9. The van der Waals surface area contributed by atoms with Crippen LogP contribution in [-0.4, -0.2) is 25.8 Å². The van der Waals surface area contributed by atoms with E-state index in [2.05, 4.69) is 39.6 Å². The lowest BCUT2D eigenvalue weighted by Crippen LogP contribution is -2.38. The van der Waals surface area contributed by atoms with Crippen molar-refractivity contribution in [1.29, 1.82) is 0 Å². The number of thiophene rings is 1. The second-order valence-electron chi connectivity index (χ2n) is 4.62. The lowest BCUT2D eigenvalue weighted by atomic mass is 9.95. The Balaban J connectivity index is 1.94. The quantitative estimate of drug-likeness (QED) is 0.867. The van der Waals surface area contributed by atoms with Crippen LogP contribution in [-0.2, 0) is 11.2 Å². The van der Waals surface area contributed by atoms with E-state index >= 15 is 0 Å². The molecule has 1 aromatic rings. The van der Waals surface area contributed by atoms with Crippen LogP contribution < -0.4 is 5.32 Å². The van der Waals surface area contributed by atoms with Crippen molar-refractivity contribution in [2.75, 3.05) is 19.8 Å². The summed E-state index contributed by atoms with van der Waals surface area (Å²) in [5, 5.41) is 5.84. The zero-order chi connectivity index (χ0) is 12.1. The Morgan fingerprint density at radius 1 is 1.65 bits per heavy atom. The van der Waals surface area contributed by atoms with E-state index in [0.717, 1.165) is 26.2 Å². The summed E-state index contributed by atoms with van der Waals surface area (Å²) in [7, 11) is 0. The first-order valence-corrected chi connectivity index (χ1v) is 8.01. The maximum atomic E-state index is 5.52. The molecule has 1 N–H and O–H groups in total. The van der Waals surface area contributed by atoms with E-state index < -0.39 is 0 Å². The van der Waals surface area contributed by atoms with Crippen LogP contribution in [0.1, 0.15) is 24.6 Å². The van der Waals surface area contributed by atoms with E-state index in [4.69, 9.17) is 4.74 Å². The Morgan fingerprint density at radius 2 is 2.53 bits per heavy atom. The molecule has 1 aliphatic heterocycles. The predicted octanol–water partition coefficient (Wildman–Crippen LogP) is 3.46. The van der Waals surface area contributed by atoms with Crippen LogP contribution >= 0.6 is 27.3 Å². The molecule has 2 atom stereocenters. The van der Waals surface area contributed by atoms with Gasteiger partial charge in [-0.1, -0.05) is 6.92 Å². The van der Waals surface area contributed by atoms with Gasteiger partial charge in [0.2, 0.25) is 0 Å². The third-order valence-electron chi connectivity index (χ3n) is 3.23. The second kappa shape index (κ2) is 6.88. The SMILES string of the molecule is CCCNC(Cc1cc(Br)cs1)C1CCOC1. The molecule has 17 heavy (non-hydrogen) atoms. The van der Waals surface area contributed by atoms with E-state index in [1.54, 1.807) is 0 Å². The first-order valence-electron chi connectivity index (χ1n) is 6.33. The van der Waals surface area contributed by atoms with Gasteiger partial charge in [0.15, 0.2) is 0 Å². The molecular formula is C13H20BrNOS. The number of hydrogen-bond donors (Lipinski definition) is 1. The average Bonchev–Trinajstić information content (AvgIpc) is 2.95. The Hall–Kier alpha value is 0.1000. The van der Waals surface area contributed by atoms with Crippen molar-refractivity contribution in [3.05, 3.63) is 20.8 Å². The first kappa shape index (κ1) is 13.5. The molecule has 0 saturated carbocycles. The van der Waals surface area contributed by atoms with Gasteiger partial charge in [-0.15, -0.1) is 11.3 Å². The summed E-state index contributed by atoms with van der Waals surface area (Å²) in [5.74, 6) is 0.683. The van der Waals surface area contributed by atoms with Gasteiger partial charge in [0, 0.05) is 33.3 Å². The van der Waals surface area contributed by atoms with E-state index in [0.29, 0.717) is 12.0 Å². The number of hydrogen-bond acceptors (Lipinski definition) is 3. The second-order valence-corrected chi connectivity index (χ2v) is 6.53. The monoisotopic (exact) mass is 317 g/mol. The molecule has 0 amide bonds. The van der Waals surface area contributed by atoms with Crippen LogP contribution in [0.2, 0.25) is 0 Å². The van der Waals surface area contributed by atoms with Crippen molar-refractivity contribution in [2.45, 2.75) is 32.2 Å². The molecule has 96 valence electrons. The fraction of sp³-hybridized carbons (Fsp3) is 0.692. The predicted molar refractivity (Wildman–Crippen MR) is 76.7 cm³/mol. The molecule has 0 spiro atoms. The standard InChI is InChI=1S/C13H20BrNOS/c1-2-4-15-13(10-3-5-16-8-10)7-12-6-11(14)9-17-12/h6,9-10,13,15H,2-5,7-8H2,1H3. The highest BCUT2D eigenvalue weighted by Crippen LogP contribution is 2.25. The molecule has 0 aliphatic carbocycles. The molecule has 2 heterocycles. The highest BCUT2D eigenvalue weighted by Gasteiger charge is 2.25. The summed E-state index contributed by atoms with van der Waals surface area (Å²) in [6.45, 7) is 5.18. The van der Waals surface area contributed by atoms with E-state index in [-0.39, 0.29) is 0 Å². The minimum atomic E-state index is 0.572. The zero-order valence-corrected chi connectivity index (χ0v) is 12.6. The normalized spacial score (nSPS) is 21.9. The minimum Gasteiger partial charge on any atom is -0.381 e. The summed E-state index contributed by atoms with van der Waals surface area (Å²) in [6.07, 6.45) is 3.52.